The van der Waals surface area contributed by atoms with E-state index >= 15 is 0 Å². The summed E-state index contributed by atoms with van der Waals surface area (Å²) in [5, 5.41) is 11.1. The van der Waals surface area contributed by atoms with Crippen molar-refractivity contribution in [2.75, 3.05) is 17.3 Å². The summed E-state index contributed by atoms with van der Waals surface area (Å²) < 4.78 is 5.26. The maximum Gasteiger partial charge on any atom is 0.245 e. The Hall–Kier alpha value is -2.89. The van der Waals surface area contributed by atoms with Crippen molar-refractivity contribution >= 4 is 11.8 Å². The van der Waals surface area contributed by atoms with Crippen molar-refractivity contribution in [2.45, 2.75) is 13.1 Å². The van der Waals surface area contributed by atoms with Crippen LogP contribution in [0.4, 0.5) is 11.8 Å². The van der Waals surface area contributed by atoms with E-state index in [9.17, 15) is 0 Å². The molecule has 0 unspecified atom stereocenters. The molecule has 0 bridgehead atoms. The molecule has 0 aliphatic rings. The molecular weight excluding hydrogens is 278 g/mol. The van der Waals surface area contributed by atoms with Crippen molar-refractivity contribution in [3.05, 3.63) is 66.2 Å². The number of nitrogens with zero attached hydrogens (tertiary/aromatic N) is 4. The van der Waals surface area contributed by atoms with Gasteiger partial charge < -0.3 is 14.6 Å². The first-order valence-electron chi connectivity index (χ1n) is 7.02. The zero-order chi connectivity index (χ0) is 15.2. The minimum atomic E-state index is 0.480. The van der Waals surface area contributed by atoms with Crippen LogP contribution in [0.15, 0.2) is 59.3 Å². The first-order valence-corrected chi connectivity index (χ1v) is 7.02. The molecule has 6 heteroatoms. The summed E-state index contributed by atoms with van der Waals surface area (Å²) in [6, 6.07) is 14.0. The second-order valence-corrected chi connectivity index (χ2v) is 4.91. The van der Waals surface area contributed by atoms with Crippen LogP contribution in [-0.4, -0.2) is 22.2 Å². The molecule has 0 atom stereocenters. The predicted molar refractivity (Wildman–Crippen MR) is 84.4 cm³/mol. The van der Waals surface area contributed by atoms with Gasteiger partial charge in [-0.25, -0.2) is 0 Å². The highest BCUT2D eigenvalue weighted by Gasteiger charge is 2.07. The zero-order valence-corrected chi connectivity index (χ0v) is 12.3. The molecule has 0 fully saturated rings. The summed E-state index contributed by atoms with van der Waals surface area (Å²) in [4.78, 5) is 6.50. The molecule has 6 nitrogen and oxygen atoms in total. The second kappa shape index (κ2) is 6.71. The van der Waals surface area contributed by atoms with Crippen LogP contribution in [0.3, 0.4) is 0 Å². The van der Waals surface area contributed by atoms with Gasteiger partial charge in [0.25, 0.3) is 0 Å². The van der Waals surface area contributed by atoms with Crippen molar-refractivity contribution in [1.29, 1.82) is 0 Å². The number of rotatable bonds is 6. The molecular formula is C16H17N5O. The molecule has 2 aromatic heterocycles. The molecule has 0 amide bonds. The van der Waals surface area contributed by atoms with Crippen LogP contribution in [0.25, 0.3) is 0 Å². The predicted octanol–water partition coefficient (Wildman–Crippen LogP) is 2.71. The summed E-state index contributed by atoms with van der Waals surface area (Å²) in [6.45, 7) is 1.29. The lowest BCUT2D eigenvalue weighted by Crippen LogP contribution is -2.19. The van der Waals surface area contributed by atoms with Gasteiger partial charge in [-0.1, -0.05) is 30.3 Å². The fourth-order valence-electron chi connectivity index (χ4n) is 2.07. The van der Waals surface area contributed by atoms with Crippen molar-refractivity contribution in [3.63, 3.8) is 0 Å². The number of nitrogens with one attached hydrogen (secondary N) is 1. The molecule has 1 N–H and O–H groups in total. The lowest BCUT2D eigenvalue weighted by atomic mass is 10.2. The fourth-order valence-corrected chi connectivity index (χ4v) is 2.07. The highest BCUT2D eigenvalue weighted by atomic mass is 16.3. The van der Waals surface area contributed by atoms with E-state index in [0.717, 1.165) is 18.1 Å². The van der Waals surface area contributed by atoms with Crippen LogP contribution in [0.5, 0.6) is 0 Å². The third kappa shape index (κ3) is 3.60. The van der Waals surface area contributed by atoms with Gasteiger partial charge >= 0.3 is 0 Å². The summed E-state index contributed by atoms with van der Waals surface area (Å²) in [5.41, 5.74) is 1.22. The first-order chi connectivity index (χ1) is 10.8. The number of benzene rings is 1. The van der Waals surface area contributed by atoms with Crippen LogP contribution >= 0.6 is 0 Å². The van der Waals surface area contributed by atoms with Crippen molar-refractivity contribution in [3.8, 4) is 0 Å². The van der Waals surface area contributed by atoms with Gasteiger partial charge in [0.05, 0.1) is 19.0 Å². The van der Waals surface area contributed by atoms with Crippen LogP contribution < -0.4 is 10.2 Å². The summed E-state index contributed by atoms with van der Waals surface area (Å²) in [5.74, 6) is 2.07. The van der Waals surface area contributed by atoms with Crippen molar-refractivity contribution in [1.82, 2.24) is 15.2 Å². The van der Waals surface area contributed by atoms with Gasteiger partial charge in [-0.05, 0) is 17.7 Å². The Labute approximate surface area is 128 Å². The van der Waals surface area contributed by atoms with Crippen molar-refractivity contribution < 1.29 is 4.42 Å². The van der Waals surface area contributed by atoms with E-state index < -0.39 is 0 Å². The minimum Gasteiger partial charge on any atom is -0.467 e. The third-order valence-corrected chi connectivity index (χ3v) is 3.20. The summed E-state index contributed by atoms with van der Waals surface area (Å²) in [7, 11) is 1.98. The zero-order valence-electron chi connectivity index (χ0n) is 12.3. The molecule has 1 aromatic carbocycles. The average Bonchev–Trinajstić information content (AvgIpc) is 3.08. The van der Waals surface area contributed by atoms with E-state index in [-0.39, 0.29) is 0 Å². The average molecular weight is 295 g/mol. The molecule has 0 aliphatic heterocycles. The molecule has 0 spiro atoms. The lowest BCUT2D eigenvalue weighted by Gasteiger charge is -2.18. The van der Waals surface area contributed by atoms with Crippen LogP contribution in [-0.2, 0) is 13.1 Å². The minimum absolute atomic E-state index is 0.480. The van der Waals surface area contributed by atoms with E-state index in [4.69, 9.17) is 4.42 Å². The van der Waals surface area contributed by atoms with E-state index in [1.54, 1.807) is 12.5 Å². The summed E-state index contributed by atoms with van der Waals surface area (Å²) >= 11 is 0. The van der Waals surface area contributed by atoms with E-state index in [1.165, 1.54) is 5.56 Å². The van der Waals surface area contributed by atoms with E-state index in [2.05, 4.69) is 32.6 Å². The second-order valence-electron chi connectivity index (χ2n) is 4.91. The van der Waals surface area contributed by atoms with Gasteiger partial charge in [0, 0.05) is 13.6 Å². The number of aromatic nitrogens is 3. The molecule has 0 radical (unpaired) electrons. The van der Waals surface area contributed by atoms with Crippen LogP contribution in [0, 0.1) is 0 Å². The molecule has 0 saturated heterocycles. The number of anilines is 2. The van der Waals surface area contributed by atoms with Crippen LogP contribution in [0.1, 0.15) is 11.3 Å². The van der Waals surface area contributed by atoms with Gasteiger partial charge in [-0.2, -0.15) is 10.1 Å². The molecule has 3 aromatic rings. The van der Waals surface area contributed by atoms with Crippen molar-refractivity contribution in [2.24, 2.45) is 0 Å². The molecule has 3 rings (SSSR count). The SMILES string of the molecule is CN(Cc1ccccc1)c1cnnc(NCc2ccco2)n1. The smallest absolute Gasteiger partial charge is 0.245 e. The quantitative estimate of drug-likeness (QED) is 0.754. The number of hydrogen-bond donors (Lipinski definition) is 1. The molecule has 112 valence electrons. The largest absolute Gasteiger partial charge is 0.467 e. The van der Waals surface area contributed by atoms with Gasteiger partial charge in [0.2, 0.25) is 5.95 Å². The Morgan fingerprint density at radius 3 is 2.77 bits per heavy atom. The number of hydrogen-bond acceptors (Lipinski definition) is 6. The maximum absolute atomic E-state index is 5.26. The summed E-state index contributed by atoms with van der Waals surface area (Å²) in [6.07, 6.45) is 3.29. The normalized spacial score (nSPS) is 10.4. The van der Waals surface area contributed by atoms with Gasteiger partial charge in [0.15, 0.2) is 5.82 Å². The highest BCUT2D eigenvalue weighted by molar-refractivity contribution is 5.40. The monoisotopic (exact) mass is 295 g/mol. The Balaban J connectivity index is 1.65. The number of furan rings is 1. The van der Waals surface area contributed by atoms with E-state index in [0.29, 0.717) is 12.5 Å². The Kier molecular flexibility index (Phi) is 4.29. The lowest BCUT2D eigenvalue weighted by molar-refractivity contribution is 0.517. The Morgan fingerprint density at radius 1 is 1.14 bits per heavy atom. The van der Waals surface area contributed by atoms with E-state index in [1.807, 2.05) is 42.3 Å². The topological polar surface area (TPSA) is 67.1 Å². The Morgan fingerprint density at radius 2 is 2.00 bits per heavy atom. The van der Waals surface area contributed by atoms with Crippen LogP contribution in [0.2, 0.25) is 0 Å². The third-order valence-electron chi connectivity index (χ3n) is 3.20. The fraction of sp³-hybridized carbons (Fsp3) is 0.188. The first kappa shape index (κ1) is 14.1. The molecule has 0 saturated carbocycles. The van der Waals surface area contributed by atoms with Gasteiger partial charge in [-0.3, -0.25) is 0 Å². The standard InChI is InChI=1S/C16H17N5O/c1-21(12-13-6-3-2-4-7-13)15-11-18-20-16(19-15)17-10-14-8-5-9-22-14/h2-9,11H,10,12H2,1H3,(H,17,19,20). The Bertz CT molecular complexity index is 700. The molecule has 0 aliphatic carbocycles. The maximum atomic E-state index is 5.26. The molecule has 22 heavy (non-hydrogen) atoms. The van der Waals surface area contributed by atoms with Gasteiger partial charge in [-0.15, -0.1) is 5.10 Å². The highest BCUT2D eigenvalue weighted by Crippen LogP contribution is 2.13. The molecule has 2 heterocycles. The van der Waals surface area contributed by atoms with Gasteiger partial charge in [0.1, 0.15) is 5.76 Å².